The average molecular weight is 234 g/mol. The number of hydrogen-bond donors (Lipinski definition) is 1. The van der Waals surface area contributed by atoms with Crippen LogP contribution in [-0.2, 0) is 11.8 Å². The van der Waals surface area contributed by atoms with E-state index in [2.05, 4.69) is 52.0 Å². The highest BCUT2D eigenvalue weighted by Crippen LogP contribution is 2.29. The van der Waals surface area contributed by atoms with Crippen molar-refractivity contribution in [3.05, 3.63) is 35.4 Å². The first kappa shape index (κ1) is 14.2. The normalized spacial score (nSPS) is 14.1. The molecule has 0 fully saturated rings. The zero-order chi connectivity index (χ0) is 13.1. The molecule has 0 saturated heterocycles. The Balaban J connectivity index is 2.90. The Bertz CT molecular complexity index is 350. The van der Waals surface area contributed by atoms with Crippen molar-refractivity contribution in [2.75, 3.05) is 0 Å². The number of hydrogen-bond acceptors (Lipinski definition) is 1. The van der Waals surface area contributed by atoms with Crippen molar-refractivity contribution in [3.63, 3.8) is 0 Å². The molecule has 0 heterocycles. The Morgan fingerprint density at radius 3 is 2.35 bits per heavy atom. The number of rotatable bonds is 5. The zero-order valence-electron chi connectivity index (χ0n) is 11.8. The summed E-state index contributed by atoms with van der Waals surface area (Å²) in [6.07, 6.45) is 1.68. The zero-order valence-corrected chi connectivity index (χ0v) is 11.8. The number of benzene rings is 1. The maximum Gasteiger partial charge on any atom is 0.0520 e. The Labute approximate surface area is 106 Å². The van der Waals surface area contributed by atoms with Crippen molar-refractivity contribution < 1.29 is 5.11 Å². The maximum atomic E-state index is 9.56. The second-order valence-electron chi connectivity index (χ2n) is 6.24. The first-order valence-electron chi connectivity index (χ1n) is 6.59. The van der Waals surface area contributed by atoms with Crippen LogP contribution in [0.2, 0.25) is 0 Å². The third-order valence-corrected chi connectivity index (χ3v) is 3.16. The van der Waals surface area contributed by atoms with E-state index in [0.717, 1.165) is 12.8 Å². The smallest absolute Gasteiger partial charge is 0.0520 e. The van der Waals surface area contributed by atoms with Crippen LogP contribution in [0.15, 0.2) is 24.3 Å². The van der Waals surface area contributed by atoms with Gasteiger partial charge >= 0.3 is 0 Å². The van der Waals surface area contributed by atoms with Crippen LogP contribution >= 0.6 is 0 Å². The minimum atomic E-state index is -0.251. The third-order valence-electron chi connectivity index (χ3n) is 3.16. The highest BCUT2D eigenvalue weighted by molar-refractivity contribution is 5.29. The van der Waals surface area contributed by atoms with Gasteiger partial charge in [0.05, 0.1) is 6.10 Å². The first-order chi connectivity index (χ1) is 7.81. The van der Waals surface area contributed by atoms with Crippen molar-refractivity contribution in [2.24, 2.45) is 5.92 Å². The number of aliphatic hydroxyl groups is 1. The van der Waals surface area contributed by atoms with Crippen LogP contribution in [-0.4, -0.2) is 11.2 Å². The minimum absolute atomic E-state index is 0.0428. The van der Waals surface area contributed by atoms with E-state index in [9.17, 15) is 5.11 Å². The van der Waals surface area contributed by atoms with E-state index >= 15 is 0 Å². The molecule has 0 saturated carbocycles. The molecule has 1 heteroatoms. The minimum Gasteiger partial charge on any atom is -0.393 e. The molecule has 0 radical (unpaired) electrons. The highest BCUT2D eigenvalue weighted by atomic mass is 16.3. The predicted molar refractivity (Wildman–Crippen MR) is 74.3 cm³/mol. The summed E-state index contributed by atoms with van der Waals surface area (Å²) >= 11 is 0. The molecule has 1 nitrogen and oxygen atoms in total. The summed E-state index contributed by atoms with van der Waals surface area (Å²) in [6, 6.07) is 8.80. The monoisotopic (exact) mass is 234 g/mol. The topological polar surface area (TPSA) is 20.2 Å². The van der Waals surface area contributed by atoms with Crippen LogP contribution in [0, 0.1) is 5.92 Å². The Morgan fingerprint density at radius 2 is 1.82 bits per heavy atom. The molecule has 1 N–H and O–H groups in total. The third kappa shape index (κ3) is 4.51. The van der Waals surface area contributed by atoms with Gasteiger partial charge in [-0.2, -0.15) is 0 Å². The van der Waals surface area contributed by atoms with E-state index in [0.29, 0.717) is 5.92 Å². The first-order valence-corrected chi connectivity index (χ1v) is 6.59. The molecule has 0 bridgehead atoms. The largest absolute Gasteiger partial charge is 0.393 e. The van der Waals surface area contributed by atoms with Crippen LogP contribution in [0.1, 0.15) is 52.2 Å². The molecule has 1 unspecified atom stereocenters. The summed E-state index contributed by atoms with van der Waals surface area (Å²) < 4.78 is 0. The van der Waals surface area contributed by atoms with Crippen LogP contribution in [0.4, 0.5) is 0 Å². The standard InChI is InChI=1S/C16H26O/c1-12(2)9-14-7-6-8-15(10-14)16(4,5)11-13(3)17/h6-8,10,12-13,17H,9,11H2,1-5H3. The molecular formula is C16H26O. The van der Waals surface area contributed by atoms with Gasteiger partial charge in [-0.15, -0.1) is 0 Å². The second kappa shape index (κ2) is 5.68. The summed E-state index contributed by atoms with van der Waals surface area (Å²) in [5, 5.41) is 9.56. The van der Waals surface area contributed by atoms with Gasteiger partial charge in [0.1, 0.15) is 0 Å². The summed E-state index contributed by atoms with van der Waals surface area (Å²) in [5.41, 5.74) is 2.77. The molecular weight excluding hydrogens is 208 g/mol. The summed E-state index contributed by atoms with van der Waals surface area (Å²) in [7, 11) is 0. The van der Waals surface area contributed by atoms with Crippen LogP contribution in [0.5, 0.6) is 0 Å². The predicted octanol–water partition coefficient (Wildman–Crippen LogP) is 3.93. The lowest BCUT2D eigenvalue weighted by Gasteiger charge is -2.27. The van der Waals surface area contributed by atoms with Gasteiger partial charge in [-0.25, -0.2) is 0 Å². The van der Waals surface area contributed by atoms with Crippen LogP contribution < -0.4 is 0 Å². The van der Waals surface area contributed by atoms with E-state index in [-0.39, 0.29) is 11.5 Å². The van der Waals surface area contributed by atoms with Crippen molar-refractivity contribution in [3.8, 4) is 0 Å². The van der Waals surface area contributed by atoms with Gasteiger partial charge in [-0.3, -0.25) is 0 Å². The van der Waals surface area contributed by atoms with E-state index < -0.39 is 0 Å². The number of aliphatic hydroxyl groups excluding tert-OH is 1. The van der Waals surface area contributed by atoms with Gasteiger partial charge in [-0.1, -0.05) is 52.0 Å². The van der Waals surface area contributed by atoms with E-state index in [1.807, 2.05) is 6.92 Å². The van der Waals surface area contributed by atoms with Crippen molar-refractivity contribution in [1.29, 1.82) is 0 Å². The molecule has 0 aliphatic carbocycles. The Kier molecular flexibility index (Phi) is 4.76. The van der Waals surface area contributed by atoms with Gasteiger partial charge in [0.15, 0.2) is 0 Å². The molecule has 17 heavy (non-hydrogen) atoms. The van der Waals surface area contributed by atoms with E-state index in [1.165, 1.54) is 11.1 Å². The fourth-order valence-electron chi connectivity index (χ4n) is 2.45. The quantitative estimate of drug-likeness (QED) is 0.818. The molecule has 1 aromatic rings. The molecule has 0 aromatic heterocycles. The van der Waals surface area contributed by atoms with Crippen LogP contribution in [0.25, 0.3) is 0 Å². The molecule has 1 aromatic carbocycles. The molecule has 1 atom stereocenters. The lowest BCUT2D eigenvalue weighted by atomic mass is 9.79. The van der Waals surface area contributed by atoms with Crippen LogP contribution in [0.3, 0.4) is 0 Å². The average Bonchev–Trinajstić information content (AvgIpc) is 2.15. The Morgan fingerprint density at radius 1 is 1.18 bits per heavy atom. The maximum absolute atomic E-state index is 9.56. The summed E-state index contributed by atoms with van der Waals surface area (Å²) in [4.78, 5) is 0. The molecule has 0 spiro atoms. The Hall–Kier alpha value is -0.820. The summed E-state index contributed by atoms with van der Waals surface area (Å²) in [6.45, 7) is 10.8. The fourth-order valence-corrected chi connectivity index (χ4v) is 2.45. The van der Waals surface area contributed by atoms with Crippen molar-refractivity contribution in [2.45, 2.75) is 59.0 Å². The SMILES string of the molecule is CC(C)Cc1cccc(C(C)(C)CC(C)O)c1. The fraction of sp³-hybridized carbons (Fsp3) is 0.625. The van der Waals surface area contributed by atoms with Gasteiger partial charge in [-0.05, 0) is 42.2 Å². The van der Waals surface area contributed by atoms with Gasteiger partial charge < -0.3 is 5.11 Å². The molecule has 0 amide bonds. The van der Waals surface area contributed by atoms with Gasteiger partial charge in [0.2, 0.25) is 0 Å². The van der Waals surface area contributed by atoms with Crippen molar-refractivity contribution in [1.82, 2.24) is 0 Å². The second-order valence-corrected chi connectivity index (χ2v) is 6.24. The highest BCUT2D eigenvalue weighted by Gasteiger charge is 2.22. The van der Waals surface area contributed by atoms with Crippen molar-refractivity contribution >= 4 is 0 Å². The molecule has 1 rings (SSSR count). The lowest BCUT2D eigenvalue weighted by Crippen LogP contribution is -2.23. The molecule has 96 valence electrons. The summed E-state index contributed by atoms with van der Waals surface area (Å²) in [5.74, 6) is 0.685. The van der Waals surface area contributed by atoms with E-state index in [4.69, 9.17) is 0 Å². The molecule has 0 aliphatic rings. The van der Waals surface area contributed by atoms with E-state index in [1.54, 1.807) is 0 Å². The van der Waals surface area contributed by atoms with Gasteiger partial charge in [0.25, 0.3) is 0 Å². The lowest BCUT2D eigenvalue weighted by molar-refractivity contribution is 0.157. The van der Waals surface area contributed by atoms with Gasteiger partial charge in [0, 0.05) is 0 Å². The molecule has 0 aliphatic heterocycles.